The Morgan fingerprint density at radius 3 is 2.41 bits per heavy atom. The molecule has 29 heavy (non-hydrogen) atoms. The van der Waals surface area contributed by atoms with Gasteiger partial charge in [-0.1, -0.05) is 30.3 Å². The van der Waals surface area contributed by atoms with Gasteiger partial charge in [-0.05, 0) is 36.4 Å². The zero-order valence-electron chi connectivity index (χ0n) is 15.9. The Bertz CT molecular complexity index is 1120. The molecule has 5 nitrogen and oxygen atoms in total. The molecular formula is C23H20N4OS. The zero-order valence-corrected chi connectivity index (χ0v) is 16.7. The number of piperazine rings is 1. The minimum atomic E-state index is 0.0278. The van der Waals surface area contributed by atoms with Crippen LogP contribution in [0.2, 0.25) is 0 Å². The topological polar surface area (TPSA) is 49.3 Å². The van der Waals surface area contributed by atoms with Crippen molar-refractivity contribution < 1.29 is 4.79 Å². The average Bonchev–Trinajstić information content (AvgIpc) is 3.23. The van der Waals surface area contributed by atoms with Crippen molar-refractivity contribution in [1.82, 2.24) is 14.9 Å². The number of amides is 1. The lowest BCUT2D eigenvalue weighted by Crippen LogP contribution is -2.48. The molecular weight excluding hydrogens is 380 g/mol. The van der Waals surface area contributed by atoms with E-state index in [0.29, 0.717) is 24.3 Å². The second kappa shape index (κ2) is 7.64. The fraction of sp³-hybridized carbons (Fsp3) is 0.174. The number of hydrogen-bond acceptors (Lipinski definition) is 5. The van der Waals surface area contributed by atoms with Crippen molar-refractivity contribution in [2.24, 2.45) is 0 Å². The number of aromatic nitrogens is 2. The highest BCUT2D eigenvalue weighted by Gasteiger charge is 2.25. The number of pyridine rings is 1. The largest absolute Gasteiger partial charge is 0.368 e. The smallest absolute Gasteiger partial charge is 0.256 e. The Morgan fingerprint density at radius 2 is 1.62 bits per heavy atom. The SMILES string of the molecule is O=C(c1cccnc1-c1nc2ccccc2s1)N1CCN(c2ccccc2)CC1. The standard InChI is InChI=1S/C23H20N4OS/c28-23(27-15-13-26(14-16-27)17-7-2-1-3-8-17)18-9-6-12-24-21(18)22-25-19-10-4-5-11-20(19)29-22/h1-12H,13-16H2. The summed E-state index contributed by atoms with van der Waals surface area (Å²) in [5.74, 6) is 0.0278. The van der Waals surface area contributed by atoms with Crippen LogP contribution in [0.4, 0.5) is 5.69 Å². The van der Waals surface area contributed by atoms with Crippen LogP contribution in [-0.4, -0.2) is 47.0 Å². The van der Waals surface area contributed by atoms with E-state index in [1.807, 2.05) is 59.5 Å². The Kier molecular flexibility index (Phi) is 4.69. The van der Waals surface area contributed by atoms with Gasteiger partial charge in [-0.25, -0.2) is 4.98 Å². The molecule has 1 saturated heterocycles. The van der Waals surface area contributed by atoms with Crippen molar-refractivity contribution in [3.63, 3.8) is 0 Å². The molecule has 4 aromatic rings. The van der Waals surface area contributed by atoms with Crippen molar-refractivity contribution in [3.8, 4) is 10.7 Å². The summed E-state index contributed by atoms with van der Waals surface area (Å²) in [6.07, 6.45) is 1.73. The lowest BCUT2D eigenvalue weighted by atomic mass is 10.1. The van der Waals surface area contributed by atoms with Gasteiger partial charge in [0.1, 0.15) is 10.7 Å². The van der Waals surface area contributed by atoms with Gasteiger partial charge in [-0.2, -0.15) is 0 Å². The number of nitrogens with zero attached hydrogens (tertiary/aromatic N) is 4. The van der Waals surface area contributed by atoms with Crippen LogP contribution < -0.4 is 4.90 Å². The van der Waals surface area contributed by atoms with Crippen molar-refractivity contribution in [3.05, 3.63) is 78.5 Å². The lowest BCUT2D eigenvalue weighted by molar-refractivity contribution is 0.0747. The summed E-state index contributed by atoms with van der Waals surface area (Å²) in [4.78, 5) is 26.8. The van der Waals surface area contributed by atoms with Crippen molar-refractivity contribution in [1.29, 1.82) is 0 Å². The molecule has 1 fully saturated rings. The summed E-state index contributed by atoms with van der Waals surface area (Å²) in [6, 6.07) is 22.0. The van der Waals surface area contributed by atoms with Gasteiger partial charge in [-0.3, -0.25) is 9.78 Å². The second-order valence-electron chi connectivity index (χ2n) is 7.00. The summed E-state index contributed by atoms with van der Waals surface area (Å²) in [6.45, 7) is 3.04. The van der Waals surface area contributed by atoms with Crippen molar-refractivity contribution >= 4 is 33.1 Å². The Hall–Kier alpha value is -3.25. The fourth-order valence-corrected chi connectivity index (χ4v) is 4.68. The molecule has 0 bridgehead atoms. The molecule has 1 amide bonds. The Labute approximate surface area is 173 Å². The number of thiazole rings is 1. The van der Waals surface area contributed by atoms with E-state index < -0.39 is 0 Å². The number of carbonyl (C=O) groups is 1. The number of anilines is 1. The highest BCUT2D eigenvalue weighted by molar-refractivity contribution is 7.21. The molecule has 0 atom stereocenters. The first kappa shape index (κ1) is 17.8. The van der Waals surface area contributed by atoms with Crippen LogP contribution in [0.1, 0.15) is 10.4 Å². The van der Waals surface area contributed by atoms with Crippen LogP contribution in [0, 0.1) is 0 Å². The summed E-state index contributed by atoms with van der Waals surface area (Å²) in [5.41, 5.74) is 3.44. The fourth-order valence-electron chi connectivity index (χ4n) is 3.70. The molecule has 0 N–H and O–H groups in total. The highest BCUT2D eigenvalue weighted by Crippen LogP contribution is 2.31. The lowest BCUT2D eigenvalue weighted by Gasteiger charge is -2.36. The van der Waals surface area contributed by atoms with Gasteiger partial charge in [0.05, 0.1) is 15.8 Å². The Balaban J connectivity index is 1.38. The molecule has 1 aliphatic heterocycles. The van der Waals surface area contributed by atoms with Crippen LogP contribution in [0.25, 0.3) is 20.9 Å². The van der Waals surface area contributed by atoms with E-state index in [2.05, 4.69) is 22.0 Å². The summed E-state index contributed by atoms with van der Waals surface area (Å²) in [7, 11) is 0. The molecule has 0 saturated carbocycles. The second-order valence-corrected chi connectivity index (χ2v) is 8.03. The van der Waals surface area contributed by atoms with Crippen LogP contribution >= 0.6 is 11.3 Å². The number of carbonyl (C=O) groups excluding carboxylic acids is 1. The minimum Gasteiger partial charge on any atom is -0.368 e. The summed E-state index contributed by atoms with van der Waals surface area (Å²) >= 11 is 1.57. The van der Waals surface area contributed by atoms with Gasteiger partial charge in [0.2, 0.25) is 0 Å². The van der Waals surface area contributed by atoms with E-state index in [4.69, 9.17) is 4.98 Å². The van der Waals surface area contributed by atoms with Crippen LogP contribution in [0.3, 0.4) is 0 Å². The van der Waals surface area contributed by atoms with Crippen molar-refractivity contribution in [2.45, 2.75) is 0 Å². The van der Waals surface area contributed by atoms with Gasteiger partial charge >= 0.3 is 0 Å². The van der Waals surface area contributed by atoms with Crippen molar-refractivity contribution in [2.75, 3.05) is 31.1 Å². The molecule has 5 rings (SSSR count). The van der Waals surface area contributed by atoms with E-state index in [0.717, 1.165) is 28.3 Å². The molecule has 2 aromatic carbocycles. The van der Waals surface area contributed by atoms with E-state index in [-0.39, 0.29) is 5.91 Å². The highest BCUT2D eigenvalue weighted by atomic mass is 32.1. The maximum atomic E-state index is 13.3. The minimum absolute atomic E-state index is 0.0278. The third-order valence-electron chi connectivity index (χ3n) is 5.22. The molecule has 0 spiro atoms. The quantitative estimate of drug-likeness (QED) is 0.514. The summed E-state index contributed by atoms with van der Waals surface area (Å²) in [5, 5.41) is 0.790. The van der Waals surface area contributed by atoms with Crippen LogP contribution in [0.15, 0.2) is 72.9 Å². The number of rotatable bonds is 3. The Morgan fingerprint density at radius 1 is 0.862 bits per heavy atom. The van der Waals surface area contributed by atoms with Crippen LogP contribution in [-0.2, 0) is 0 Å². The predicted molar refractivity (Wildman–Crippen MR) is 117 cm³/mol. The number of hydrogen-bond donors (Lipinski definition) is 0. The van der Waals surface area contributed by atoms with Crippen LogP contribution in [0.5, 0.6) is 0 Å². The summed E-state index contributed by atoms with van der Waals surface area (Å²) < 4.78 is 1.10. The van der Waals surface area contributed by atoms with E-state index in [1.165, 1.54) is 5.69 Å². The number of fused-ring (bicyclic) bond motifs is 1. The van der Waals surface area contributed by atoms with Gasteiger partial charge in [0.25, 0.3) is 5.91 Å². The first-order chi connectivity index (χ1) is 14.3. The van der Waals surface area contributed by atoms with Gasteiger partial charge < -0.3 is 9.80 Å². The molecule has 1 aliphatic rings. The molecule has 144 valence electrons. The van der Waals surface area contributed by atoms with Gasteiger partial charge in [0.15, 0.2) is 0 Å². The first-order valence-corrected chi connectivity index (χ1v) is 10.5. The molecule has 0 unspecified atom stereocenters. The number of para-hydroxylation sites is 2. The third-order valence-corrected chi connectivity index (χ3v) is 6.27. The number of benzene rings is 2. The third kappa shape index (κ3) is 3.47. The monoisotopic (exact) mass is 400 g/mol. The molecule has 3 heterocycles. The van der Waals surface area contributed by atoms with Gasteiger partial charge in [0, 0.05) is 38.1 Å². The van der Waals surface area contributed by atoms with E-state index in [9.17, 15) is 4.79 Å². The first-order valence-electron chi connectivity index (χ1n) is 9.70. The normalized spacial score (nSPS) is 14.3. The molecule has 6 heteroatoms. The van der Waals surface area contributed by atoms with E-state index in [1.54, 1.807) is 17.5 Å². The predicted octanol–water partition coefficient (Wildman–Crippen LogP) is 4.32. The molecule has 2 aromatic heterocycles. The maximum absolute atomic E-state index is 13.3. The maximum Gasteiger partial charge on any atom is 0.256 e. The van der Waals surface area contributed by atoms with E-state index >= 15 is 0 Å². The molecule has 0 radical (unpaired) electrons. The molecule has 0 aliphatic carbocycles. The van der Waals surface area contributed by atoms with Gasteiger partial charge in [-0.15, -0.1) is 11.3 Å². The zero-order chi connectivity index (χ0) is 19.6. The average molecular weight is 401 g/mol.